The van der Waals surface area contributed by atoms with E-state index in [1.54, 1.807) is 0 Å². The topological polar surface area (TPSA) is 67.2 Å². The van der Waals surface area contributed by atoms with Gasteiger partial charge in [-0.05, 0) is 24.7 Å². The molecule has 1 aromatic rings. The molecule has 1 fully saturated rings. The fourth-order valence-electron chi connectivity index (χ4n) is 2.87. The van der Waals surface area contributed by atoms with Crippen LogP contribution in [-0.4, -0.2) is 33.3 Å². The zero-order chi connectivity index (χ0) is 17.3. The van der Waals surface area contributed by atoms with Crippen LogP contribution < -0.4 is 5.32 Å². The number of rotatable bonds is 7. The monoisotopic (exact) mass is 333 g/mol. The van der Waals surface area contributed by atoms with E-state index in [1.807, 2.05) is 6.92 Å². The average Bonchev–Trinajstić information content (AvgIpc) is 3.07. The third-order valence-electron chi connectivity index (χ3n) is 4.47. The van der Waals surface area contributed by atoms with Gasteiger partial charge in [0, 0.05) is 26.0 Å². The number of hydrogen-bond donors (Lipinski definition) is 2. The third kappa shape index (κ3) is 3.68. The Morgan fingerprint density at radius 1 is 1.48 bits per heavy atom. The van der Waals surface area contributed by atoms with Crippen LogP contribution in [0.25, 0.3) is 0 Å². The summed E-state index contributed by atoms with van der Waals surface area (Å²) in [6, 6.07) is 0. The lowest BCUT2D eigenvalue weighted by Gasteiger charge is -2.29. The first-order valence-corrected chi connectivity index (χ1v) is 7.67. The van der Waals surface area contributed by atoms with E-state index in [0.29, 0.717) is 6.54 Å². The number of aliphatic hydroxyl groups is 1. The number of carbonyl (C=O) groups excluding carboxylic acids is 1. The summed E-state index contributed by atoms with van der Waals surface area (Å²) in [5, 5.41) is 12.7. The van der Waals surface area contributed by atoms with Crippen LogP contribution >= 0.6 is 0 Å². The highest BCUT2D eigenvalue weighted by Gasteiger charge is 2.58. The minimum absolute atomic E-state index is 0.0317. The molecule has 1 aromatic heterocycles. The van der Waals surface area contributed by atoms with E-state index in [2.05, 4.69) is 10.3 Å². The molecular formula is C15H22F3N3O2. The molecule has 0 aromatic carbocycles. The summed E-state index contributed by atoms with van der Waals surface area (Å²) < 4.78 is 41.1. The van der Waals surface area contributed by atoms with E-state index >= 15 is 0 Å². The molecule has 23 heavy (non-hydrogen) atoms. The zero-order valence-electron chi connectivity index (χ0n) is 13.3. The van der Waals surface area contributed by atoms with Crippen molar-refractivity contribution in [1.82, 2.24) is 14.9 Å². The average molecular weight is 333 g/mol. The minimum atomic E-state index is -5.00. The number of imidazole rings is 1. The van der Waals surface area contributed by atoms with Crippen molar-refractivity contribution in [1.29, 1.82) is 0 Å². The molecule has 5 nitrogen and oxygen atoms in total. The molecule has 130 valence electrons. The number of halogens is 3. The van der Waals surface area contributed by atoms with Gasteiger partial charge in [-0.1, -0.05) is 13.3 Å². The van der Waals surface area contributed by atoms with Crippen molar-refractivity contribution in [2.45, 2.75) is 50.8 Å². The van der Waals surface area contributed by atoms with Crippen LogP contribution in [0.15, 0.2) is 12.4 Å². The van der Waals surface area contributed by atoms with Gasteiger partial charge in [0.15, 0.2) is 5.82 Å². The second-order valence-corrected chi connectivity index (χ2v) is 6.42. The smallest absolute Gasteiger partial charge is 0.374 e. The Morgan fingerprint density at radius 2 is 2.13 bits per heavy atom. The molecule has 1 unspecified atom stereocenters. The molecule has 0 saturated heterocycles. The molecule has 1 aliphatic rings. The summed E-state index contributed by atoms with van der Waals surface area (Å²) in [4.78, 5) is 15.6. The van der Waals surface area contributed by atoms with Crippen LogP contribution in [0.5, 0.6) is 0 Å². The summed E-state index contributed by atoms with van der Waals surface area (Å²) in [6.07, 6.45) is 0.225. The van der Waals surface area contributed by atoms with Gasteiger partial charge in [-0.2, -0.15) is 13.2 Å². The van der Waals surface area contributed by atoms with Crippen molar-refractivity contribution in [3.8, 4) is 0 Å². The third-order valence-corrected chi connectivity index (χ3v) is 4.47. The minimum Gasteiger partial charge on any atom is -0.374 e. The number of amides is 1. The van der Waals surface area contributed by atoms with Gasteiger partial charge in [-0.3, -0.25) is 4.79 Å². The fourth-order valence-corrected chi connectivity index (χ4v) is 2.87. The number of hydrogen-bond acceptors (Lipinski definition) is 3. The Morgan fingerprint density at radius 3 is 2.57 bits per heavy atom. The second-order valence-electron chi connectivity index (χ2n) is 6.42. The van der Waals surface area contributed by atoms with E-state index in [0.717, 1.165) is 36.4 Å². The molecule has 1 heterocycles. The highest BCUT2D eigenvalue weighted by atomic mass is 19.4. The highest BCUT2D eigenvalue weighted by molar-refractivity contribution is 5.77. The molecule has 1 atom stereocenters. The van der Waals surface area contributed by atoms with Crippen LogP contribution in [0, 0.1) is 5.41 Å². The summed E-state index contributed by atoms with van der Waals surface area (Å²) in [5.74, 6) is -1.41. The largest absolute Gasteiger partial charge is 0.425 e. The van der Waals surface area contributed by atoms with Gasteiger partial charge < -0.3 is 15.0 Å². The molecule has 0 aliphatic heterocycles. The predicted octanol–water partition coefficient (Wildman–Crippen LogP) is 2.26. The van der Waals surface area contributed by atoms with Gasteiger partial charge in [0.05, 0.1) is 6.42 Å². The number of nitrogens with zero attached hydrogens (tertiary/aromatic N) is 2. The van der Waals surface area contributed by atoms with E-state index in [4.69, 9.17) is 0 Å². The Kier molecular flexibility index (Phi) is 4.75. The number of aryl methyl sites for hydroxylation is 1. The Balaban J connectivity index is 2.07. The SMILES string of the molecule is CCCC1(CNC(=O)CC(O)(c2nccn2C)C(F)(F)F)CC1. The van der Waals surface area contributed by atoms with E-state index < -0.39 is 29.9 Å². The van der Waals surface area contributed by atoms with Crippen molar-refractivity contribution in [3.63, 3.8) is 0 Å². The maximum Gasteiger partial charge on any atom is 0.425 e. The predicted molar refractivity (Wildman–Crippen MR) is 77.4 cm³/mol. The molecule has 2 rings (SSSR count). The first kappa shape index (κ1) is 17.8. The van der Waals surface area contributed by atoms with Gasteiger partial charge in [-0.15, -0.1) is 0 Å². The summed E-state index contributed by atoms with van der Waals surface area (Å²) in [6.45, 7) is 2.39. The first-order chi connectivity index (χ1) is 10.6. The van der Waals surface area contributed by atoms with Crippen LogP contribution in [0.2, 0.25) is 0 Å². The van der Waals surface area contributed by atoms with Gasteiger partial charge in [-0.25, -0.2) is 4.98 Å². The zero-order valence-corrected chi connectivity index (χ0v) is 13.3. The molecular weight excluding hydrogens is 311 g/mol. The molecule has 1 aliphatic carbocycles. The number of nitrogens with one attached hydrogen (secondary N) is 1. The quantitative estimate of drug-likeness (QED) is 0.804. The lowest BCUT2D eigenvalue weighted by Crippen LogP contribution is -2.48. The molecule has 1 amide bonds. The Bertz CT molecular complexity index is 567. The van der Waals surface area contributed by atoms with E-state index in [-0.39, 0.29) is 5.41 Å². The maximum absolute atomic E-state index is 13.3. The van der Waals surface area contributed by atoms with Crippen molar-refractivity contribution in [2.24, 2.45) is 12.5 Å². The highest BCUT2D eigenvalue weighted by Crippen LogP contribution is 2.49. The van der Waals surface area contributed by atoms with Crippen LogP contribution in [0.3, 0.4) is 0 Å². The number of carbonyl (C=O) groups is 1. The van der Waals surface area contributed by atoms with Crippen molar-refractivity contribution >= 4 is 5.91 Å². The molecule has 0 spiro atoms. The summed E-state index contributed by atoms with van der Waals surface area (Å²) in [5.41, 5.74) is -3.26. The van der Waals surface area contributed by atoms with Crippen LogP contribution in [-0.2, 0) is 17.4 Å². The second kappa shape index (κ2) is 6.14. The molecule has 0 bridgehead atoms. The Hall–Kier alpha value is -1.57. The summed E-state index contributed by atoms with van der Waals surface area (Å²) >= 11 is 0. The lowest BCUT2D eigenvalue weighted by molar-refractivity contribution is -0.271. The fraction of sp³-hybridized carbons (Fsp3) is 0.733. The molecule has 2 N–H and O–H groups in total. The number of alkyl halides is 3. The lowest BCUT2D eigenvalue weighted by atomic mass is 9.96. The Labute approximate surface area is 132 Å². The standard InChI is InChI=1S/C15H22F3N3O2/c1-3-4-13(5-6-13)10-20-11(22)9-14(23,15(16,17)18)12-19-7-8-21(12)2/h7-8,23H,3-6,9-10H2,1-2H3,(H,20,22). The van der Waals surface area contributed by atoms with Gasteiger partial charge in [0.25, 0.3) is 0 Å². The molecule has 1 saturated carbocycles. The molecule has 0 radical (unpaired) electrons. The van der Waals surface area contributed by atoms with Gasteiger partial charge in [0.1, 0.15) is 0 Å². The van der Waals surface area contributed by atoms with E-state index in [1.165, 1.54) is 13.2 Å². The van der Waals surface area contributed by atoms with Crippen molar-refractivity contribution in [2.75, 3.05) is 6.54 Å². The van der Waals surface area contributed by atoms with Crippen LogP contribution in [0.1, 0.15) is 44.9 Å². The first-order valence-electron chi connectivity index (χ1n) is 7.67. The number of aromatic nitrogens is 2. The van der Waals surface area contributed by atoms with Gasteiger partial charge >= 0.3 is 6.18 Å². The molecule has 8 heteroatoms. The van der Waals surface area contributed by atoms with Gasteiger partial charge in [0.2, 0.25) is 11.5 Å². The van der Waals surface area contributed by atoms with Crippen LogP contribution in [0.4, 0.5) is 13.2 Å². The van der Waals surface area contributed by atoms with Crippen molar-refractivity contribution in [3.05, 3.63) is 18.2 Å². The van der Waals surface area contributed by atoms with E-state index in [9.17, 15) is 23.1 Å². The summed E-state index contributed by atoms with van der Waals surface area (Å²) in [7, 11) is 1.34. The normalized spacial score (nSPS) is 19.2. The van der Waals surface area contributed by atoms with Crippen molar-refractivity contribution < 1.29 is 23.1 Å². The maximum atomic E-state index is 13.3.